The average molecular weight is 299 g/mol. The van der Waals surface area contributed by atoms with Gasteiger partial charge in [0.15, 0.2) is 0 Å². The summed E-state index contributed by atoms with van der Waals surface area (Å²) in [7, 11) is 0. The largest absolute Gasteiger partial charge is 0.330 e. The van der Waals surface area contributed by atoms with Crippen molar-refractivity contribution in [3.05, 3.63) is 28.8 Å². The number of nitrogens with one attached hydrogen (secondary N) is 1. The van der Waals surface area contributed by atoms with Crippen LogP contribution >= 0.6 is 23.4 Å². The van der Waals surface area contributed by atoms with Crippen LogP contribution in [0.1, 0.15) is 31.9 Å². The van der Waals surface area contributed by atoms with Crippen molar-refractivity contribution < 1.29 is 0 Å². The molecule has 106 valence electrons. The molecule has 0 fully saturated rings. The first-order valence-electron chi connectivity index (χ1n) is 6.97. The molecule has 2 atom stereocenters. The normalized spacial score (nSPS) is 20.4. The van der Waals surface area contributed by atoms with Gasteiger partial charge in [0.1, 0.15) is 0 Å². The molecule has 1 aliphatic rings. The first kappa shape index (κ1) is 15.2. The van der Waals surface area contributed by atoms with E-state index >= 15 is 0 Å². The average Bonchev–Trinajstić information content (AvgIpc) is 2.39. The van der Waals surface area contributed by atoms with Gasteiger partial charge in [-0.3, -0.25) is 0 Å². The molecule has 19 heavy (non-hydrogen) atoms. The van der Waals surface area contributed by atoms with Gasteiger partial charge in [0.05, 0.1) is 0 Å². The van der Waals surface area contributed by atoms with Gasteiger partial charge in [-0.15, -0.1) is 11.8 Å². The van der Waals surface area contributed by atoms with Crippen LogP contribution in [0, 0.1) is 11.8 Å². The van der Waals surface area contributed by atoms with Crippen LogP contribution in [-0.2, 0) is 0 Å². The molecule has 4 heteroatoms. The van der Waals surface area contributed by atoms with Crippen molar-refractivity contribution in [3.8, 4) is 0 Å². The quantitative estimate of drug-likeness (QED) is 0.870. The van der Waals surface area contributed by atoms with Gasteiger partial charge in [-0.25, -0.2) is 0 Å². The van der Waals surface area contributed by atoms with E-state index in [1.165, 1.54) is 16.2 Å². The summed E-state index contributed by atoms with van der Waals surface area (Å²) in [6.07, 6.45) is 1.16. The minimum atomic E-state index is 0.419. The topological polar surface area (TPSA) is 38.0 Å². The molecule has 0 aromatic heterocycles. The molecule has 0 radical (unpaired) electrons. The molecule has 0 amide bonds. The Morgan fingerprint density at radius 3 is 2.95 bits per heavy atom. The summed E-state index contributed by atoms with van der Waals surface area (Å²) in [6.45, 7) is 6.20. The Morgan fingerprint density at radius 1 is 1.47 bits per heavy atom. The van der Waals surface area contributed by atoms with Crippen LogP contribution in [-0.4, -0.2) is 18.8 Å². The van der Waals surface area contributed by atoms with Gasteiger partial charge in [-0.1, -0.05) is 25.4 Å². The maximum atomic E-state index is 6.13. The summed E-state index contributed by atoms with van der Waals surface area (Å²) in [4.78, 5) is 1.36. The first-order chi connectivity index (χ1) is 9.11. The van der Waals surface area contributed by atoms with Gasteiger partial charge in [0.2, 0.25) is 0 Å². The highest BCUT2D eigenvalue weighted by atomic mass is 35.5. The minimum absolute atomic E-state index is 0.419. The van der Waals surface area contributed by atoms with E-state index in [1.54, 1.807) is 0 Å². The predicted molar refractivity (Wildman–Crippen MR) is 84.9 cm³/mol. The Balaban J connectivity index is 2.05. The van der Waals surface area contributed by atoms with E-state index in [9.17, 15) is 0 Å². The van der Waals surface area contributed by atoms with E-state index in [2.05, 4.69) is 31.3 Å². The van der Waals surface area contributed by atoms with Crippen LogP contribution in [0.3, 0.4) is 0 Å². The summed E-state index contributed by atoms with van der Waals surface area (Å²) in [5.74, 6) is 2.33. The third-order valence-corrected chi connectivity index (χ3v) is 5.24. The molecule has 2 nitrogen and oxygen atoms in total. The highest BCUT2D eigenvalue weighted by molar-refractivity contribution is 7.99. The van der Waals surface area contributed by atoms with Gasteiger partial charge in [-0.05, 0) is 60.9 Å². The van der Waals surface area contributed by atoms with Gasteiger partial charge in [0.25, 0.3) is 0 Å². The molecule has 0 bridgehead atoms. The summed E-state index contributed by atoms with van der Waals surface area (Å²) in [6, 6.07) is 6.64. The second kappa shape index (κ2) is 6.98. The fourth-order valence-corrected chi connectivity index (χ4v) is 3.75. The van der Waals surface area contributed by atoms with Crippen molar-refractivity contribution in [2.24, 2.45) is 17.6 Å². The number of nitrogens with two attached hydrogens (primary N) is 1. The maximum absolute atomic E-state index is 6.13. The number of hydrogen-bond donors (Lipinski definition) is 2. The van der Waals surface area contributed by atoms with E-state index < -0.39 is 0 Å². The molecule has 1 aromatic carbocycles. The van der Waals surface area contributed by atoms with Crippen LogP contribution in [0.4, 0.5) is 0 Å². The van der Waals surface area contributed by atoms with Crippen molar-refractivity contribution in [2.75, 3.05) is 18.8 Å². The molecule has 1 aromatic rings. The van der Waals surface area contributed by atoms with Gasteiger partial charge in [-0.2, -0.15) is 0 Å². The minimum Gasteiger partial charge on any atom is -0.330 e. The van der Waals surface area contributed by atoms with Crippen LogP contribution in [0.25, 0.3) is 0 Å². The van der Waals surface area contributed by atoms with Crippen LogP contribution in [0.5, 0.6) is 0 Å². The van der Waals surface area contributed by atoms with Crippen molar-refractivity contribution in [2.45, 2.75) is 31.2 Å². The Kier molecular flexibility index (Phi) is 5.58. The third kappa shape index (κ3) is 3.88. The highest BCUT2D eigenvalue weighted by Crippen LogP contribution is 2.37. The third-order valence-electron chi connectivity index (χ3n) is 3.88. The Bertz CT molecular complexity index is 423. The van der Waals surface area contributed by atoms with Crippen molar-refractivity contribution >= 4 is 23.4 Å². The lowest BCUT2D eigenvalue weighted by atomic mass is 9.95. The molecule has 3 N–H and O–H groups in total. The van der Waals surface area contributed by atoms with Gasteiger partial charge in [0, 0.05) is 16.0 Å². The summed E-state index contributed by atoms with van der Waals surface area (Å²) in [5.41, 5.74) is 7.19. The zero-order chi connectivity index (χ0) is 13.8. The van der Waals surface area contributed by atoms with Crippen LogP contribution in [0.2, 0.25) is 5.02 Å². The lowest BCUT2D eigenvalue weighted by molar-refractivity contribution is 0.346. The molecular weight excluding hydrogens is 276 g/mol. The number of fused-ring (bicyclic) bond motifs is 1. The SMILES string of the molecule is CC(C)C(CN)CNC1CCSc2ccc(Cl)cc21. The van der Waals surface area contributed by atoms with Crippen LogP contribution < -0.4 is 11.1 Å². The summed E-state index contributed by atoms with van der Waals surface area (Å²) >= 11 is 8.05. The zero-order valence-electron chi connectivity index (χ0n) is 11.7. The summed E-state index contributed by atoms with van der Waals surface area (Å²) in [5, 5.41) is 4.51. The Morgan fingerprint density at radius 2 is 2.26 bits per heavy atom. The second-order valence-electron chi connectivity index (χ2n) is 5.52. The number of thioether (sulfide) groups is 1. The highest BCUT2D eigenvalue weighted by Gasteiger charge is 2.22. The first-order valence-corrected chi connectivity index (χ1v) is 8.34. The Labute approximate surface area is 125 Å². The monoisotopic (exact) mass is 298 g/mol. The molecule has 1 heterocycles. The summed E-state index contributed by atoms with van der Waals surface area (Å²) < 4.78 is 0. The molecule has 2 rings (SSSR count). The lowest BCUT2D eigenvalue weighted by Crippen LogP contribution is -2.35. The molecule has 0 spiro atoms. The lowest BCUT2D eigenvalue weighted by Gasteiger charge is -2.29. The molecule has 0 saturated heterocycles. The Hall–Kier alpha value is -0.220. The molecule has 0 saturated carbocycles. The van der Waals surface area contributed by atoms with Crippen molar-refractivity contribution in [1.29, 1.82) is 0 Å². The smallest absolute Gasteiger partial charge is 0.0410 e. The van der Waals surface area contributed by atoms with Crippen molar-refractivity contribution in [3.63, 3.8) is 0 Å². The molecular formula is C15H23ClN2S. The fraction of sp³-hybridized carbons (Fsp3) is 0.600. The van der Waals surface area contributed by atoms with E-state index in [-0.39, 0.29) is 0 Å². The predicted octanol–water partition coefficient (Wildman–Crippen LogP) is 3.70. The molecule has 0 aliphatic carbocycles. The fourth-order valence-electron chi connectivity index (χ4n) is 2.46. The number of benzene rings is 1. The van der Waals surface area contributed by atoms with Gasteiger partial charge >= 0.3 is 0 Å². The number of halogens is 1. The maximum Gasteiger partial charge on any atom is 0.0410 e. The number of rotatable bonds is 5. The van der Waals surface area contributed by atoms with E-state index in [0.717, 1.165) is 24.5 Å². The van der Waals surface area contributed by atoms with Crippen LogP contribution in [0.15, 0.2) is 23.1 Å². The van der Waals surface area contributed by atoms with E-state index in [0.29, 0.717) is 17.9 Å². The molecule has 1 aliphatic heterocycles. The van der Waals surface area contributed by atoms with E-state index in [1.807, 2.05) is 17.8 Å². The van der Waals surface area contributed by atoms with E-state index in [4.69, 9.17) is 17.3 Å². The zero-order valence-corrected chi connectivity index (χ0v) is 13.2. The standard InChI is InChI=1S/C15H23ClN2S/c1-10(2)11(8-17)9-18-14-5-6-19-15-4-3-12(16)7-13(14)15/h3-4,7,10-11,14,18H,5-6,8-9,17H2,1-2H3. The van der Waals surface area contributed by atoms with Crippen molar-refractivity contribution in [1.82, 2.24) is 5.32 Å². The molecule has 2 unspecified atom stereocenters. The second-order valence-corrected chi connectivity index (χ2v) is 7.09. The number of hydrogen-bond acceptors (Lipinski definition) is 3. The van der Waals surface area contributed by atoms with Gasteiger partial charge < -0.3 is 11.1 Å².